The van der Waals surface area contributed by atoms with Crippen molar-refractivity contribution in [2.24, 2.45) is 5.73 Å². The van der Waals surface area contributed by atoms with Crippen LogP contribution in [-0.2, 0) is 0 Å². The average molecular weight is 269 g/mol. The Kier molecular flexibility index (Phi) is 7.33. The van der Waals surface area contributed by atoms with Crippen molar-refractivity contribution in [1.29, 1.82) is 0 Å². The first-order valence-corrected chi connectivity index (χ1v) is 8.28. The second kappa shape index (κ2) is 8.23. The Morgan fingerprint density at radius 1 is 1.16 bits per heavy atom. The van der Waals surface area contributed by atoms with E-state index in [-0.39, 0.29) is 5.54 Å². The fourth-order valence-electron chi connectivity index (χ4n) is 3.67. The zero-order chi connectivity index (χ0) is 14.3. The minimum absolute atomic E-state index is 0.243. The molecule has 0 amide bonds. The fraction of sp³-hybridized carbons (Fsp3) is 1.00. The van der Waals surface area contributed by atoms with Gasteiger partial charge in [0.25, 0.3) is 0 Å². The Bertz CT molecular complexity index is 242. The summed E-state index contributed by atoms with van der Waals surface area (Å²) in [6, 6.07) is 0.598. The lowest BCUT2D eigenvalue weighted by molar-refractivity contribution is 0.0480. The summed E-state index contributed by atoms with van der Waals surface area (Å²) in [6.07, 6.45) is 6.28. The van der Waals surface area contributed by atoms with Gasteiger partial charge in [-0.3, -0.25) is 4.90 Å². The van der Waals surface area contributed by atoms with Gasteiger partial charge in [0.1, 0.15) is 0 Å². The van der Waals surface area contributed by atoms with Crippen molar-refractivity contribution >= 4 is 0 Å². The van der Waals surface area contributed by atoms with E-state index in [4.69, 9.17) is 5.73 Å². The summed E-state index contributed by atoms with van der Waals surface area (Å²) < 4.78 is 0. The maximum absolute atomic E-state index is 6.24. The third kappa shape index (κ3) is 4.44. The Morgan fingerprint density at radius 2 is 1.89 bits per heavy atom. The van der Waals surface area contributed by atoms with Crippen LogP contribution >= 0.6 is 0 Å². The standard InChI is InChI=1S/C16H35N3/c1-5-10-18-12-7-8-16(14-17,9-13-18)19(11-6-2)15(3)4/h15H,5-14,17H2,1-4H3. The maximum Gasteiger partial charge on any atom is 0.0347 e. The van der Waals surface area contributed by atoms with Crippen LogP contribution in [0.25, 0.3) is 0 Å². The van der Waals surface area contributed by atoms with Crippen molar-refractivity contribution in [2.45, 2.75) is 71.4 Å². The van der Waals surface area contributed by atoms with Gasteiger partial charge in [-0.15, -0.1) is 0 Å². The van der Waals surface area contributed by atoms with Crippen LogP contribution in [0.3, 0.4) is 0 Å². The summed E-state index contributed by atoms with van der Waals surface area (Å²) in [7, 11) is 0. The average Bonchev–Trinajstić information content (AvgIpc) is 2.59. The molecule has 1 saturated heterocycles. The molecule has 0 aromatic rings. The van der Waals surface area contributed by atoms with Gasteiger partial charge in [-0.2, -0.15) is 0 Å². The van der Waals surface area contributed by atoms with E-state index in [9.17, 15) is 0 Å². The highest BCUT2D eigenvalue weighted by atomic mass is 15.2. The molecule has 1 rings (SSSR count). The molecule has 1 aliphatic rings. The molecule has 2 N–H and O–H groups in total. The van der Waals surface area contributed by atoms with Crippen LogP contribution in [0.2, 0.25) is 0 Å². The van der Waals surface area contributed by atoms with Crippen molar-refractivity contribution in [1.82, 2.24) is 9.80 Å². The molecule has 0 bridgehead atoms. The molecule has 0 spiro atoms. The van der Waals surface area contributed by atoms with Crippen LogP contribution < -0.4 is 5.73 Å². The van der Waals surface area contributed by atoms with E-state index in [1.165, 1.54) is 58.3 Å². The smallest absolute Gasteiger partial charge is 0.0347 e. The first-order valence-electron chi connectivity index (χ1n) is 8.28. The van der Waals surface area contributed by atoms with Crippen molar-refractivity contribution in [3.05, 3.63) is 0 Å². The minimum Gasteiger partial charge on any atom is -0.329 e. The molecule has 0 saturated carbocycles. The van der Waals surface area contributed by atoms with Gasteiger partial charge in [0.2, 0.25) is 0 Å². The molecule has 0 aliphatic carbocycles. The van der Waals surface area contributed by atoms with Crippen LogP contribution in [0, 0.1) is 0 Å². The van der Waals surface area contributed by atoms with E-state index in [1.54, 1.807) is 0 Å². The predicted molar refractivity (Wildman–Crippen MR) is 84.5 cm³/mol. The van der Waals surface area contributed by atoms with E-state index in [2.05, 4.69) is 37.5 Å². The molecule has 1 heterocycles. The van der Waals surface area contributed by atoms with Crippen molar-refractivity contribution < 1.29 is 0 Å². The summed E-state index contributed by atoms with van der Waals surface area (Å²) in [6.45, 7) is 14.9. The molecule has 1 unspecified atom stereocenters. The monoisotopic (exact) mass is 269 g/mol. The molecule has 0 aromatic carbocycles. The fourth-order valence-corrected chi connectivity index (χ4v) is 3.67. The van der Waals surface area contributed by atoms with Gasteiger partial charge < -0.3 is 10.6 Å². The number of rotatable bonds is 7. The number of likely N-dealkylation sites (tertiary alicyclic amines) is 1. The van der Waals surface area contributed by atoms with Gasteiger partial charge in [-0.1, -0.05) is 13.8 Å². The Labute approximate surface area is 120 Å². The highest BCUT2D eigenvalue weighted by Gasteiger charge is 2.37. The van der Waals surface area contributed by atoms with Gasteiger partial charge in [0.15, 0.2) is 0 Å². The van der Waals surface area contributed by atoms with Gasteiger partial charge in [0, 0.05) is 18.1 Å². The SMILES string of the molecule is CCCN1CCCC(CN)(N(CCC)C(C)C)CC1. The largest absolute Gasteiger partial charge is 0.329 e. The van der Waals surface area contributed by atoms with Crippen LogP contribution in [0.4, 0.5) is 0 Å². The number of nitrogens with zero attached hydrogens (tertiary/aromatic N) is 2. The molecule has 19 heavy (non-hydrogen) atoms. The topological polar surface area (TPSA) is 32.5 Å². The van der Waals surface area contributed by atoms with Crippen molar-refractivity contribution in [2.75, 3.05) is 32.7 Å². The highest BCUT2D eigenvalue weighted by Crippen LogP contribution is 2.30. The summed E-state index contributed by atoms with van der Waals surface area (Å²) in [5.41, 5.74) is 6.48. The quantitative estimate of drug-likeness (QED) is 0.771. The Balaban J connectivity index is 2.77. The molecular weight excluding hydrogens is 234 g/mol. The van der Waals surface area contributed by atoms with Crippen LogP contribution in [-0.4, -0.2) is 54.1 Å². The number of hydrogen-bond donors (Lipinski definition) is 1. The molecule has 3 nitrogen and oxygen atoms in total. The van der Waals surface area contributed by atoms with E-state index in [0.717, 1.165) is 6.54 Å². The lowest BCUT2D eigenvalue weighted by Crippen LogP contribution is -2.57. The molecule has 0 radical (unpaired) electrons. The number of nitrogens with two attached hydrogens (primary N) is 1. The lowest BCUT2D eigenvalue weighted by Gasteiger charge is -2.45. The van der Waals surface area contributed by atoms with E-state index in [1.807, 2.05) is 0 Å². The zero-order valence-corrected chi connectivity index (χ0v) is 13.6. The number of hydrogen-bond acceptors (Lipinski definition) is 3. The molecule has 3 heteroatoms. The van der Waals surface area contributed by atoms with Crippen LogP contribution in [0.5, 0.6) is 0 Å². The van der Waals surface area contributed by atoms with Gasteiger partial charge >= 0.3 is 0 Å². The van der Waals surface area contributed by atoms with Crippen LogP contribution in [0.1, 0.15) is 59.8 Å². The van der Waals surface area contributed by atoms with E-state index >= 15 is 0 Å². The van der Waals surface area contributed by atoms with Crippen LogP contribution in [0.15, 0.2) is 0 Å². The zero-order valence-electron chi connectivity index (χ0n) is 13.6. The molecule has 1 fully saturated rings. The molecule has 1 aliphatic heterocycles. The molecular formula is C16H35N3. The molecule has 1 atom stereocenters. The Hall–Kier alpha value is -0.120. The van der Waals surface area contributed by atoms with E-state index in [0.29, 0.717) is 6.04 Å². The van der Waals surface area contributed by atoms with Gasteiger partial charge in [0.05, 0.1) is 0 Å². The second-order valence-electron chi connectivity index (χ2n) is 6.41. The highest BCUT2D eigenvalue weighted by molar-refractivity contribution is 4.95. The normalized spacial score (nSPS) is 26.1. The van der Waals surface area contributed by atoms with Gasteiger partial charge in [-0.05, 0) is 72.1 Å². The lowest BCUT2D eigenvalue weighted by atomic mass is 9.87. The van der Waals surface area contributed by atoms with E-state index < -0.39 is 0 Å². The molecule has 0 aromatic heterocycles. The molecule has 114 valence electrons. The van der Waals surface area contributed by atoms with Gasteiger partial charge in [-0.25, -0.2) is 0 Å². The summed E-state index contributed by atoms with van der Waals surface area (Å²) in [5, 5.41) is 0. The minimum atomic E-state index is 0.243. The summed E-state index contributed by atoms with van der Waals surface area (Å²) >= 11 is 0. The predicted octanol–water partition coefficient (Wildman–Crippen LogP) is 2.70. The summed E-state index contributed by atoms with van der Waals surface area (Å²) in [5.74, 6) is 0. The first-order chi connectivity index (χ1) is 9.09. The van der Waals surface area contributed by atoms with Crippen molar-refractivity contribution in [3.63, 3.8) is 0 Å². The summed E-state index contributed by atoms with van der Waals surface area (Å²) in [4.78, 5) is 5.31. The Morgan fingerprint density at radius 3 is 2.42 bits per heavy atom. The maximum atomic E-state index is 6.24. The van der Waals surface area contributed by atoms with Crippen molar-refractivity contribution in [3.8, 4) is 0 Å². The third-order valence-electron chi connectivity index (χ3n) is 4.63. The third-order valence-corrected chi connectivity index (χ3v) is 4.63. The first kappa shape index (κ1) is 16.9. The second-order valence-corrected chi connectivity index (χ2v) is 6.41.